The molecule has 1 N–H and O–H groups in total. The van der Waals surface area contributed by atoms with Gasteiger partial charge in [-0.2, -0.15) is 0 Å². The van der Waals surface area contributed by atoms with E-state index in [0.717, 1.165) is 17.7 Å². The number of amides is 1. The molecule has 0 saturated heterocycles. The van der Waals surface area contributed by atoms with Crippen LogP contribution in [-0.2, 0) is 6.42 Å². The molecule has 0 saturated carbocycles. The van der Waals surface area contributed by atoms with Crippen LogP contribution in [0.4, 0.5) is 5.69 Å². The van der Waals surface area contributed by atoms with Crippen molar-refractivity contribution in [2.75, 3.05) is 5.32 Å². The zero-order chi connectivity index (χ0) is 14.7. The Morgan fingerprint density at radius 3 is 2.65 bits per heavy atom. The standard InChI is InChI=1S/C16H17NO3/c1-4-12-6-5-7-13(9-12)17-16(19)15-10(2)8-14(18)20-11(15)3/h5-9H,4H2,1-3H3,(H,17,19). The topological polar surface area (TPSA) is 59.3 Å². The van der Waals surface area contributed by atoms with E-state index >= 15 is 0 Å². The fourth-order valence-corrected chi connectivity index (χ4v) is 2.16. The minimum Gasteiger partial charge on any atom is -0.427 e. The predicted molar refractivity (Wildman–Crippen MR) is 78.2 cm³/mol. The van der Waals surface area contributed by atoms with Crippen LogP contribution < -0.4 is 10.9 Å². The summed E-state index contributed by atoms with van der Waals surface area (Å²) < 4.78 is 4.98. The molecule has 0 radical (unpaired) electrons. The first-order valence-corrected chi connectivity index (χ1v) is 6.53. The lowest BCUT2D eigenvalue weighted by atomic mass is 10.1. The van der Waals surface area contributed by atoms with E-state index in [2.05, 4.69) is 12.2 Å². The highest BCUT2D eigenvalue weighted by Gasteiger charge is 2.15. The van der Waals surface area contributed by atoms with Gasteiger partial charge in [-0.3, -0.25) is 4.79 Å². The molecular formula is C16H17NO3. The van der Waals surface area contributed by atoms with E-state index in [1.807, 2.05) is 24.3 Å². The van der Waals surface area contributed by atoms with E-state index in [4.69, 9.17) is 4.42 Å². The van der Waals surface area contributed by atoms with Crippen LogP contribution in [0.2, 0.25) is 0 Å². The number of hydrogen-bond donors (Lipinski definition) is 1. The Kier molecular flexibility index (Phi) is 4.03. The summed E-state index contributed by atoms with van der Waals surface area (Å²) in [6, 6.07) is 9.00. The molecule has 0 aliphatic heterocycles. The van der Waals surface area contributed by atoms with Crippen molar-refractivity contribution < 1.29 is 9.21 Å². The summed E-state index contributed by atoms with van der Waals surface area (Å²) in [6.45, 7) is 5.40. The van der Waals surface area contributed by atoms with E-state index < -0.39 is 5.63 Å². The lowest BCUT2D eigenvalue weighted by molar-refractivity contribution is 0.102. The quantitative estimate of drug-likeness (QED) is 0.933. The van der Waals surface area contributed by atoms with Crippen LogP contribution in [-0.4, -0.2) is 5.91 Å². The third-order valence-corrected chi connectivity index (χ3v) is 3.15. The molecule has 1 aromatic heterocycles. The molecule has 0 aliphatic rings. The van der Waals surface area contributed by atoms with Crippen molar-refractivity contribution in [2.45, 2.75) is 27.2 Å². The number of rotatable bonds is 3. The Bertz CT molecular complexity index is 675. The van der Waals surface area contributed by atoms with Gasteiger partial charge in [0.1, 0.15) is 5.76 Å². The Labute approximate surface area is 117 Å². The molecule has 4 heteroatoms. The van der Waals surface area contributed by atoms with E-state index in [1.54, 1.807) is 13.8 Å². The first-order valence-electron chi connectivity index (χ1n) is 6.53. The van der Waals surface area contributed by atoms with Gasteiger partial charge in [0.2, 0.25) is 0 Å². The minimum atomic E-state index is -0.440. The first kappa shape index (κ1) is 14.1. The van der Waals surface area contributed by atoms with Crippen LogP contribution in [0.1, 0.15) is 34.2 Å². The van der Waals surface area contributed by atoms with Crippen LogP contribution in [0.5, 0.6) is 0 Å². The van der Waals surface area contributed by atoms with E-state index in [0.29, 0.717) is 16.9 Å². The molecule has 2 aromatic rings. The number of benzene rings is 1. The van der Waals surface area contributed by atoms with E-state index in [9.17, 15) is 9.59 Å². The first-order chi connectivity index (χ1) is 9.51. The number of aryl methyl sites for hydroxylation is 3. The van der Waals surface area contributed by atoms with E-state index in [-0.39, 0.29) is 5.91 Å². The molecular weight excluding hydrogens is 254 g/mol. The van der Waals surface area contributed by atoms with Crippen molar-refractivity contribution in [1.29, 1.82) is 0 Å². The normalized spacial score (nSPS) is 10.3. The molecule has 1 heterocycles. The van der Waals surface area contributed by atoms with Crippen molar-refractivity contribution in [2.24, 2.45) is 0 Å². The van der Waals surface area contributed by atoms with Crippen LogP contribution in [0.15, 0.2) is 39.5 Å². The summed E-state index contributed by atoms with van der Waals surface area (Å²) in [6.07, 6.45) is 0.905. The number of hydrogen-bond acceptors (Lipinski definition) is 3. The molecule has 0 spiro atoms. The van der Waals surface area contributed by atoms with Crippen molar-refractivity contribution in [3.05, 3.63) is 63.2 Å². The summed E-state index contributed by atoms with van der Waals surface area (Å²) >= 11 is 0. The fraction of sp³-hybridized carbons (Fsp3) is 0.250. The zero-order valence-electron chi connectivity index (χ0n) is 11.8. The third-order valence-electron chi connectivity index (χ3n) is 3.15. The molecule has 104 valence electrons. The summed E-state index contributed by atoms with van der Waals surface area (Å²) in [5.41, 5.74) is 2.47. The molecule has 0 fully saturated rings. The number of anilines is 1. The number of carbonyl (C=O) groups excluding carboxylic acids is 1. The van der Waals surface area contributed by atoms with Gasteiger partial charge in [-0.15, -0.1) is 0 Å². The summed E-state index contributed by atoms with van der Waals surface area (Å²) in [7, 11) is 0. The molecule has 0 atom stereocenters. The zero-order valence-corrected chi connectivity index (χ0v) is 11.8. The summed E-state index contributed by atoms with van der Waals surface area (Å²) in [4.78, 5) is 23.5. The highest BCUT2D eigenvalue weighted by atomic mass is 16.4. The Hall–Kier alpha value is -2.36. The average Bonchev–Trinajstić information content (AvgIpc) is 2.37. The van der Waals surface area contributed by atoms with Crippen molar-refractivity contribution in [3.63, 3.8) is 0 Å². The Morgan fingerprint density at radius 2 is 2.00 bits per heavy atom. The van der Waals surface area contributed by atoms with Gasteiger partial charge in [0.15, 0.2) is 0 Å². The molecule has 0 aliphatic carbocycles. The predicted octanol–water partition coefficient (Wildman–Crippen LogP) is 3.07. The van der Waals surface area contributed by atoms with Gasteiger partial charge in [-0.1, -0.05) is 19.1 Å². The largest absolute Gasteiger partial charge is 0.427 e. The van der Waals surface area contributed by atoms with Gasteiger partial charge in [0, 0.05) is 11.8 Å². The lowest BCUT2D eigenvalue weighted by Crippen LogP contribution is -2.17. The van der Waals surface area contributed by atoms with Gasteiger partial charge in [-0.25, -0.2) is 4.79 Å². The molecule has 2 rings (SSSR count). The second kappa shape index (κ2) is 5.74. The maximum atomic E-state index is 12.3. The second-order valence-corrected chi connectivity index (χ2v) is 4.69. The van der Waals surface area contributed by atoms with Crippen LogP contribution >= 0.6 is 0 Å². The van der Waals surface area contributed by atoms with Crippen molar-refractivity contribution in [3.8, 4) is 0 Å². The van der Waals surface area contributed by atoms with Gasteiger partial charge in [0.05, 0.1) is 5.56 Å². The fourth-order valence-electron chi connectivity index (χ4n) is 2.16. The summed E-state index contributed by atoms with van der Waals surface area (Å²) in [5, 5.41) is 2.83. The number of nitrogens with one attached hydrogen (secondary N) is 1. The van der Waals surface area contributed by atoms with E-state index in [1.165, 1.54) is 6.07 Å². The Morgan fingerprint density at radius 1 is 1.25 bits per heavy atom. The SMILES string of the molecule is CCc1cccc(NC(=O)c2c(C)cc(=O)oc2C)c1. The van der Waals surface area contributed by atoms with Gasteiger partial charge in [0.25, 0.3) is 5.91 Å². The van der Waals surface area contributed by atoms with Crippen LogP contribution in [0.25, 0.3) is 0 Å². The molecule has 0 unspecified atom stereocenters. The maximum absolute atomic E-state index is 12.3. The molecule has 1 aromatic carbocycles. The molecule has 4 nitrogen and oxygen atoms in total. The number of carbonyl (C=O) groups is 1. The maximum Gasteiger partial charge on any atom is 0.336 e. The van der Waals surface area contributed by atoms with Gasteiger partial charge >= 0.3 is 5.63 Å². The van der Waals surface area contributed by atoms with Gasteiger partial charge in [-0.05, 0) is 43.5 Å². The lowest BCUT2D eigenvalue weighted by Gasteiger charge is -2.10. The highest BCUT2D eigenvalue weighted by molar-refractivity contribution is 6.05. The second-order valence-electron chi connectivity index (χ2n) is 4.69. The molecule has 20 heavy (non-hydrogen) atoms. The van der Waals surface area contributed by atoms with Gasteiger partial charge < -0.3 is 9.73 Å². The monoisotopic (exact) mass is 271 g/mol. The minimum absolute atomic E-state index is 0.267. The molecule has 0 bridgehead atoms. The third kappa shape index (κ3) is 2.96. The summed E-state index contributed by atoms with van der Waals surface area (Å²) in [5.74, 6) is 0.0659. The van der Waals surface area contributed by atoms with Crippen LogP contribution in [0, 0.1) is 13.8 Å². The van der Waals surface area contributed by atoms with Crippen molar-refractivity contribution in [1.82, 2.24) is 0 Å². The van der Waals surface area contributed by atoms with Crippen molar-refractivity contribution >= 4 is 11.6 Å². The average molecular weight is 271 g/mol. The Balaban J connectivity index is 2.31. The smallest absolute Gasteiger partial charge is 0.336 e. The molecule has 1 amide bonds. The van der Waals surface area contributed by atoms with Crippen LogP contribution in [0.3, 0.4) is 0 Å². The highest BCUT2D eigenvalue weighted by Crippen LogP contribution is 2.16.